The molecule has 0 bridgehead atoms. The molecule has 3 rings (SSSR count). The first-order chi connectivity index (χ1) is 11.6. The molecular weight excluding hydrogens is 340 g/mol. The number of aromatic nitrogens is 2. The van der Waals surface area contributed by atoms with Gasteiger partial charge in [-0.2, -0.15) is 5.10 Å². The zero-order chi connectivity index (χ0) is 16.9. The van der Waals surface area contributed by atoms with Crippen molar-refractivity contribution in [2.45, 2.75) is 13.5 Å². The van der Waals surface area contributed by atoms with Crippen molar-refractivity contribution in [3.05, 3.63) is 77.1 Å². The Bertz CT molecular complexity index is 845. The van der Waals surface area contributed by atoms with Gasteiger partial charge in [0.05, 0.1) is 18.4 Å². The van der Waals surface area contributed by atoms with Gasteiger partial charge in [-0.1, -0.05) is 48.0 Å². The van der Waals surface area contributed by atoms with Gasteiger partial charge in [-0.15, -0.1) is 0 Å². The lowest BCUT2D eigenvalue weighted by atomic mass is 10.2. The van der Waals surface area contributed by atoms with Crippen molar-refractivity contribution in [2.24, 2.45) is 0 Å². The molecule has 6 heteroatoms. The summed E-state index contributed by atoms with van der Waals surface area (Å²) in [7, 11) is 0. The van der Waals surface area contributed by atoms with Gasteiger partial charge >= 0.3 is 0 Å². The molecule has 1 aromatic heterocycles. The first-order valence-electron chi connectivity index (χ1n) is 7.51. The number of rotatable bonds is 4. The summed E-state index contributed by atoms with van der Waals surface area (Å²) in [4.78, 5) is 0. The van der Waals surface area contributed by atoms with Gasteiger partial charge in [0, 0.05) is 16.9 Å². The largest absolute Gasteiger partial charge is 0.332 e. The first kappa shape index (κ1) is 16.5. The van der Waals surface area contributed by atoms with Crippen LogP contribution in [0.1, 0.15) is 11.1 Å². The van der Waals surface area contributed by atoms with Crippen LogP contribution in [0, 0.1) is 6.92 Å². The monoisotopic (exact) mass is 356 g/mol. The molecule has 24 heavy (non-hydrogen) atoms. The number of thiocarbonyl (C=S) groups is 1. The van der Waals surface area contributed by atoms with E-state index in [2.05, 4.69) is 27.9 Å². The van der Waals surface area contributed by atoms with Gasteiger partial charge in [-0.3, -0.25) is 4.68 Å². The zero-order valence-corrected chi connectivity index (χ0v) is 14.7. The average Bonchev–Trinajstić information content (AvgIpc) is 2.99. The number of hydrogen-bond donors (Lipinski definition) is 2. The van der Waals surface area contributed by atoms with Crippen LogP contribution >= 0.6 is 23.8 Å². The maximum Gasteiger partial charge on any atom is 0.175 e. The van der Waals surface area contributed by atoms with Gasteiger partial charge in [0.1, 0.15) is 0 Å². The summed E-state index contributed by atoms with van der Waals surface area (Å²) in [6.07, 6.45) is 3.67. The molecule has 122 valence electrons. The van der Waals surface area contributed by atoms with E-state index in [-0.39, 0.29) is 0 Å². The molecule has 0 aliphatic carbocycles. The molecule has 4 nitrogen and oxygen atoms in total. The Labute approximate surface area is 151 Å². The second-order valence-corrected chi connectivity index (χ2v) is 6.27. The molecule has 0 aliphatic rings. The molecular formula is C18H17ClN4S. The lowest BCUT2D eigenvalue weighted by Gasteiger charge is -2.10. The van der Waals surface area contributed by atoms with Crippen LogP contribution in [0.3, 0.4) is 0 Å². The smallest absolute Gasteiger partial charge is 0.175 e. The molecule has 0 atom stereocenters. The molecule has 2 N–H and O–H groups in total. The van der Waals surface area contributed by atoms with E-state index in [4.69, 9.17) is 23.8 Å². The van der Waals surface area contributed by atoms with E-state index in [1.165, 1.54) is 5.56 Å². The molecule has 2 aromatic carbocycles. The number of hydrogen-bond acceptors (Lipinski definition) is 2. The van der Waals surface area contributed by atoms with Gasteiger partial charge in [0.15, 0.2) is 5.11 Å². The number of anilines is 2. The molecule has 0 radical (unpaired) electrons. The standard InChI is InChI=1S/C18H17ClN4S/c1-13-7-8-15(9-17(13)19)21-18(24)22-16-10-20-23(12-16)11-14-5-3-2-4-6-14/h2-10,12H,11H2,1H3,(H2,21,22,24). The fourth-order valence-corrected chi connectivity index (χ4v) is 2.67. The molecule has 0 aliphatic heterocycles. The number of halogens is 1. The Hall–Kier alpha value is -2.37. The fraction of sp³-hybridized carbons (Fsp3) is 0.111. The van der Waals surface area contributed by atoms with Crippen molar-refractivity contribution in [2.75, 3.05) is 10.6 Å². The average molecular weight is 357 g/mol. The van der Waals surface area contributed by atoms with Crippen molar-refractivity contribution in [3.8, 4) is 0 Å². The summed E-state index contributed by atoms with van der Waals surface area (Å²) in [6, 6.07) is 15.9. The van der Waals surface area contributed by atoms with E-state index in [1.807, 2.05) is 54.2 Å². The quantitative estimate of drug-likeness (QED) is 0.665. The Morgan fingerprint density at radius 2 is 1.88 bits per heavy atom. The third-order valence-electron chi connectivity index (χ3n) is 3.51. The van der Waals surface area contributed by atoms with Crippen LogP contribution in [-0.2, 0) is 6.54 Å². The molecule has 0 saturated carbocycles. The van der Waals surface area contributed by atoms with Crippen LogP contribution in [0.15, 0.2) is 60.9 Å². The van der Waals surface area contributed by atoms with Crippen molar-refractivity contribution in [1.82, 2.24) is 9.78 Å². The SMILES string of the molecule is Cc1ccc(NC(=S)Nc2cnn(Cc3ccccc3)c2)cc1Cl. The number of benzene rings is 2. The third kappa shape index (κ3) is 4.34. The summed E-state index contributed by atoms with van der Waals surface area (Å²) < 4.78 is 1.86. The van der Waals surface area contributed by atoms with Crippen LogP contribution in [0.4, 0.5) is 11.4 Å². The number of aryl methyl sites for hydroxylation is 1. The summed E-state index contributed by atoms with van der Waals surface area (Å²) in [6.45, 7) is 2.68. The highest BCUT2D eigenvalue weighted by atomic mass is 35.5. The molecule has 0 saturated heterocycles. The predicted molar refractivity (Wildman–Crippen MR) is 104 cm³/mol. The Balaban J connectivity index is 1.59. The van der Waals surface area contributed by atoms with E-state index >= 15 is 0 Å². The van der Waals surface area contributed by atoms with E-state index in [0.717, 1.165) is 23.5 Å². The molecule has 0 spiro atoms. The summed E-state index contributed by atoms with van der Waals surface area (Å²) in [5.74, 6) is 0. The Morgan fingerprint density at radius 1 is 1.12 bits per heavy atom. The highest BCUT2D eigenvalue weighted by molar-refractivity contribution is 7.80. The lowest BCUT2D eigenvalue weighted by Crippen LogP contribution is -2.18. The summed E-state index contributed by atoms with van der Waals surface area (Å²) >= 11 is 11.5. The Kier molecular flexibility index (Phi) is 5.13. The second kappa shape index (κ2) is 7.47. The minimum absolute atomic E-state index is 0.495. The zero-order valence-electron chi connectivity index (χ0n) is 13.2. The van der Waals surface area contributed by atoms with Gasteiger partial charge in [-0.05, 0) is 42.4 Å². The van der Waals surface area contributed by atoms with Crippen molar-refractivity contribution < 1.29 is 0 Å². The topological polar surface area (TPSA) is 41.9 Å². The maximum absolute atomic E-state index is 6.12. The van der Waals surface area contributed by atoms with Gasteiger partial charge in [0.2, 0.25) is 0 Å². The first-order valence-corrected chi connectivity index (χ1v) is 8.29. The van der Waals surface area contributed by atoms with E-state index in [1.54, 1.807) is 6.20 Å². The molecule has 3 aromatic rings. The van der Waals surface area contributed by atoms with Gasteiger partial charge < -0.3 is 10.6 Å². The van der Waals surface area contributed by atoms with Crippen LogP contribution in [0.2, 0.25) is 5.02 Å². The molecule has 1 heterocycles. The van der Waals surface area contributed by atoms with E-state index in [9.17, 15) is 0 Å². The molecule has 0 fully saturated rings. The van der Waals surface area contributed by atoms with E-state index in [0.29, 0.717) is 10.1 Å². The molecule has 0 unspecified atom stereocenters. The second-order valence-electron chi connectivity index (χ2n) is 5.46. The van der Waals surface area contributed by atoms with Crippen LogP contribution in [-0.4, -0.2) is 14.9 Å². The molecule has 0 amide bonds. The minimum Gasteiger partial charge on any atom is -0.332 e. The predicted octanol–water partition coefficient (Wildman–Crippen LogP) is 4.70. The number of nitrogens with one attached hydrogen (secondary N) is 2. The maximum atomic E-state index is 6.12. The fourth-order valence-electron chi connectivity index (χ4n) is 2.25. The van der Waals surface area contributed by atoms with Crippen molar-refractivity contribution in [3.63, 3.8) is 0 Å². The van der Waals surface area contributed by atoms with Gasteiger partial charge in [0.25, 0.3) is 0 Å². The third-order valence-corrected chi connectivity index (χ3v) is 4.12. The van der Waals surface area contributed by atoms with Crippen molar-refractivity contribution >= 4 is 40.3 Å². The summed E-state index contributed by atoms with van der Waals surface area (Å²) in [5, 5.41) is 11.8. The number of nitrogens with zero attached hydrogens (tertiary/aromatic N) is 2. The lowest BCUT2D eigenvalue weighted by molar-refractivity contribution is 0.687. The highest BCUT2D eigenvalue weighted by Crippen LogP contribution is 2.20. The minimum atomic E-state index is 0.495. The van der Waals surface area contributed by atoms with E-state index < -0.39 is 0 Å². The Morgan fingerprint density at radius 3 is 2.62 bits per heavy atom. The van der Waals surface area contributed by atoms with Crippen molar-refractivity contribution in [1.29, 1.82) is 0 Å². The normalized spacial score (nSPS) is 10.4. The van der Waals surface area contributed by atoms with Gasteiger partial charge in [-0.25, -0.2) is 0 Å². The highest BCUT2D eigenvalue weighted by Gasteiger charge is 2.04. The summed E-state index contributed by atoms with van der Waals surface area (Å²) in [5.41, 5.74) is 3.91. The van der Waals surface area contributed by atoms with Crippen LogP contribution in [0.25, 0.3) is 0 Å². The van der Waals surface area contributed by atoms with Crippen LogP contribution in [0.5, 0.6) is 0 Å². The van der Waals surface area contributed by atoms with Crippen LogP contribution < -0.4 is 10.6 Å².